The summed E-state index contributed by atoms with van der Waals surface area (Å²) in [5.41, 5.74) is 1.08. The van der Waals surface area contributed by atoms with E-state index in [9.17, 15) is 0 Å². The fourth-order valence-electron chi connectivity index (χ4n) is 3.00. The highest BCUT2D eigenvalue weighted by atomic mass is 16.5. The van der Waals surface area contributed by atoms with Crippen LogP contribution >= 0.6 is 0 Å². The van der Waals surface area contributed by atoms with Crippen LogP contribution in [0.5, 0.6) is 11.5 Å². The molecule has 1 N–H and O–H groups in total. The van der Waals surface area contributed by atoms with E-state index in [0.717, 1.165) is 36.5 Å². The van der Waals surface area contributed by atoms with Crippen LogP contribution in [-0.2, 0) is 4.74 Å². The summed E-state index contributed by atoms with van der Waals surface area (Å²) >= 11 is 0. The molecule has 0 bridgehead atoms. The second kappa shape index (κ2) is 6.67. The van der Waals surface area contributed by atoms with E-state index >= 15 is 0 Å². The molecule has 0 amide bonds. The Balaban J connectivity index is 2.10. The molecule has 118 valence electrons. The first-order chi connectivity index (χ1) is 9.95. The van der Waals surface area contributed by atoms with Crippen molar-refractivity contribution in [3.8, 4) is 11.5 Å². The molecule has 4 nitrogen and oxygen atoms in total. The SMILES string of the molecule is COc1ccc(OC)c(C(C)NC2CCOC(C)(C)C2)c1. The average molecular weight is 293 g/mol. The summed E-state index contributed by atoms with van der Waals surface area (Å²) in [6.07, 6.45) is 2.06. The molecule has 1 aromatic rings. The largest absolute Gasteiger partial charge is 0.497 e. The Hall–Kier alpha value is -1.26. The highest BCUT2D eigenvalue weighted by molar-refractivity contribution is 5.42. The maximum atomic E-state index is 5.78. The van der Waals surface area contributed by atoms with Crippen molar-refractivity contribution in [1.82, 2.24) is 5.32 Å². The summed E-state index contributed by atoms with van der Waals surface area (Å²) in [6, 6.07) is 6.59. The summed E-state index contributed by atoms with van der Waals surface area (Å²) in [6.45, 7) is 7.28. The van der Waals surface area contributed by atoms with Gasteiger partial charge in [0, 0.05) is 24.3 Å². The quantitative estimate of drug-likeness (QED) is 0.904. The summed E-state index contributed by atoms with van der Waals surface area (Å²) in [7, 11) is 3.39. The predicted octanol–water partition coefficient (Wildman–Crippen LogP) is 3.31. The fraction of sp³-hybridized carbons (Fsp3) is 0.647. The zero-order valence-electron chi connectivity index (χ0n) is 13.7. The minimum absolute atomic E-state index is 0.0475. The topological polar surface area (TPSA) is 39.7 Å². The van der Waals surface area contributed by atoms with Crippen LogP contribution in [0.1, 0.15) is 45.2 Å². The van der Waals surface area contributed by atoms with Crippen molar-refractivity contribution in [1.29, 1.82) is 0 Å². The standard InChI is InChI=1S/C17H27NO3/c1-12(18-13-8-9-21-17(2,3)11-13)15-10-14(19-4)6-7-16(15)20-5/h6-7,10,12-13,18H,8-9,11H2,1-5H3. The monoisotopic (exact) mass is 293 g/mol. The van der Waals surface area contributed by atoms with Crippen molar-refractivity contribution in [3.63, 3.8) is 0 Å². The van der Waals surface area contributed by atoms with Crippen LogP contribution in [0.2, 0.25) is 0 Å². The average Bonchev–Trinajstić information content (AvgIpc) is 2.45. The van der Waals surface area contributed by atoms with Gasteiger partial charge in [-0.25, -0.2) is 0 Å². The van der Waals surface area contributed by atoms with Gasteiger partial charge in [0.2, 0.25) is 0 Å². The Labute approximate surface area is 127 Å². The Kier molecular flexibility index (Phi) is 5.12. The Morgan fingerprint density at radius 3 is 2.67 bits per heavy atom. The lowest BCUT2D eigenvalue weighted by molar-refractivity contribution is -0.0640. The second-order valence-electron chi connectivity index (χ2n) is 6.29. The molecule has 1 aliphatic rings. The number of benzene rings is 1. The number of hydrogen-bond donors (Lipinski definition) is 1. The number of rotatable bonds is 5. The molecular formula is C17H27NO3. The lowest BCUT2D eigenvalue weighted by Gasteiger charge is -2.37. The highest BCUT2D eigenvalue weighted by Gasteiger charge is 2.29. The predicted molar refractivity (Wildman–Crippen MR) is 84.1 cm³/mol. The maximum absolute atomic E-state index is 5.78. The van der Waals surface area contributed by atoms with Crippen LogP contribution in [0.4, 0.5) is 0 Å². The van der Waals surface area contributed by atoms with Crippen molar-refractivity contribution < 1.29 is 14.2 Å². The molecule has 1 fully saturated rings. The van der Waals surface area contributed by atoms with Crippen LogP contribution in [0.25, 0.3) is 0 Å². The minimum atomic E-state index is -0.0475. The van der Waals surface area contributed by atoms with Crippen molar-refractivity contribution in [2.24, 2.45) is 0 Å². The van der Waals surface area contributed by atoms with E-state index in [-0.39, 0.29) is 11.6 Å². The number of methoxy groups -OCH3 is 2. The highest BCUT2D eigenvalue weighted by Crippen LogP contribution is 2.31. The molecule has 2 rings (SSSR count). The summed E-state index contributed by atoms with van der Waals surface area (Å²) in [5.74, 6) is 1.74. The van der Waals surface area contributed by atoms with Crippen molar-refractivity contribution in [2.75, 3.05) is 20.8 Å². The van der Waals surface area contributed by atoms with E-state index < -0.39 is 0 Å². The smallest absolute Gasteiger partial charge is 0.123 e. The van der Waals surface area contributed by atoms with E-state index in [4.69, 9.17) is 14.2 Å². The zero-order chi connectivity index (χ0) is 15.5. The van der Waals surface area contributed by atoms with Gasteiger partial charge >= 0.3 is 0 Å². The molecule has 1 saturated heterocycles. The lowest BCUT2D eigenvalue weighted by atomic mass is 9.93. The van der Waals surface area contributed by atoms with Crippen LogP contribution in [0, 0.1) is 0 Å². The Morgan fingerprint density at radius 1 is 1.29 bits per heavy atom. The molecule has 0 radical (unpaired) electrons. The third-order valence-electron chi connectivity index (χ3n) is 4.09. The van der Waals surface area contributed by atoms with Gasteiger partial charge in [0.15, 0.2) is 0 Å². The van der Waals surface area contributed by atoms with Gasteiger partial charge in [-0.15, -0.1) is 0 Å². The Bertz CT molecular complexity index is 473. The fourth-order valence-corrected chi connectivity index (χ4v) is 3.00. The minimum Gasteiger partial charge on any atom is -0.497 e. The molecule has 0 aliphatic carbocycles. The molecule has 2 unspecified atom stereocenters. The number of nitrogens with one attached hydrogen (secondary N) is 1. The number of hydrogen-bond acceptors (Lipinski definition) is 4. The van der Waals surface area contributed by atoms with Crippen molar-refractivity contribution in [3.05, 3.63) is 23.8 Å². The van der Waals surface area contributed by atoms with Gasteiger partial charge in [0.05, 0.1) is 19.8 Å². The van der Waals surface area contributed by atoms with E-state index in [2.05, 4.69) is 26.1 Å². The van der Waals surface area contributed by atoms with Crippen LogP contribution in [-0.4, -0.2) is 32.5 Å². The maximum Gasteiger partial charge on any atom is 0.123 e. The van der Waals surface area contributed by atoms with Gasteiger partial charge in [0.25, 0.3) is 0 Å². The molecule has 2 atom stereocenters. The third kappa shape index (κ3) is 4.11. The molecule has 0 aromatic heterocycles. The summed E-state index contributed by atoms with van der Waals surface area (Å²) in [4.78, 5) is 0. The van der Waals surface area contributed by atoms with Crippen LogP contribution < -0.4 is 14.8 Å². The van der Waals surface area contributed by atoms with Gasteiger partial charge in [-0.2, -0.15) is 0 Å². The summed E-state index contributed by atoms with van der Waals surface area (Å²) in [5, 5.41) is 3.70. The first-order valence-corrected chi connectivity index (χ1v) is 7.57. The van der Waals surface area contributed by atoms with Crippen molar-refractivity contribution in [2.45, 2.75) is 51.3 Å². The lowest BCUT2D eigenvalue weighted by Crippen LogP contribution is -2.44. The first kappa shape index (κ1) is 16.1. The molecule has 0 saturated carbocycles. The van der Waals surface area contributed by atoms with Gasteiger partial charge in [-0.3, -0.25) is 0 Å². The number of ether oxygens (including phenoxy) is 3. The molecule has 4 heteroatoms. The zero-order valence-corrected chi connectivity index (χ0v) is 13.7. The van der Waals surface area contributed by atoms with Gasteiger partial charge < -0.3 is 19.5 Å². The Morgan fingerprint density at radius 2 is 2.05 bits per heavy atom. The van der Waals surface area contributed by atoms with Crippen molar-refractivity contribution >= 4 is 0 Å². The summed E-state index contributed by atoms with van der Waals surface area (Å²) < 4.78 is 16.6. The van der Waals surface area contributed by atoms with E-state index in [1.165, 1.54) is 0 Å². The van der Waals surface area contributed by atoms with Crippen LogP contribution in [0.3, 0.4) is 0 Å². The first-order valence-electron chi connectivity index (χ1n) is 7.57. The third-order valence-corrected chi connectivity index (χ3v) is 4.09. The van der Waals surface area contributed by atoms with E-state index in [1.54, 1.807) is 14.2 Å². The van der Waals surface area contributed by atoms with E-state index in [1.807, 2.05) is 18.2 Å². The molecule has 21 heavy (non-hydrogen) atoms. The molecule has 1 aliphatic heterocycles. The normalized spacial score (nSPS) is 22.6. The van der Waals surface area contributed by atoms with Gasteiger partial charge in [-0.05, 0) is 51.8 Å². The van der Waals surface area contributed by atoms with Gasteiger partial charge in [-0.1, -0.05) is 0 Å². The van der Waals surface area contributed by atoms with E-state index in [0.29, 0.717) is 6.04 Å². The molecule has 1 aromatic carbocycles. The molecule has 0 spiro atoms. The second-order valence-corrected chi connectivity index (χ2v) is 6.29. The van der Waals surface area contributed by atoms with Gasteiger partial charge in [0.1, 0.15) is 11.5 Å². The molecule has 1 heterocycles. The van der Waals surface area contributed by atoms with Crippen LogP contribution in [0.15, 0.2) is 18.2 Å². The molecular weight excluding hydrogens is 266 g/mol.